The minimum Gasteiger partial charge on any atom is -0.380 e. The topological polar surface area (TPSA) is 48.9 Å². The van der Waals surface area contributed by atoms with Gasteiger partial charge in [-0.25, -0.2) is 0 Å². The second kappa shape index (κ2) is 9.90. The Bertz CT molecular complexity index is 576. The molecule has 26 heavy (non-hydrogen) atoms. The SMILES string of the molecule is CN=C(NCC1(C)COC1)NC1CCN(Cc2ccccc2)C(C)C1.I. The number of guanidine groups is 1. The summed E-state index contributed by atoms with van der Waals surface area (Å²) in [6, 6.07) is 11.8. The van der Waals surface area contributed by atoms with Crippen molar-refractivity contribution in [2.45, 2.75) is 45.3 Å². The normalized spacial score (nSPS) is 25.7. The van der Waals surface area contributed by atoms with Crippen molar-refractivity contribution in [2.75, 3.05) is 33.4 Å². The summed E-state index contributed by atoms with van der Waals surface area (Å²) >= 11 is 0. The Morgan fingerprint density at radius 2 is 2.04 bits per heavy atom. The van der Waals surface area contributed by atoms with Gasteiger partial charge >= 0.3 is 0 Å². The Hall–Kier alpha value is -0.860. The molecule has 2 aliphatic heterocycles. The summed E-state index contributed by atoms with van der Waals surface area (Å²) < 4.78 is 5.32. The molecule has 1 aromatic carbocycles. The van der Waals surface area contributed by atoms with Crippen molar-refractivity contribution in [3.8, 4) is 0 Å². The Morgan fingerprint density at radius 3 is 2.62 bits per heavy atom. The maximum atomic E-state index is 5.32. The van der Waals surface area contributed by atoms with Gasteiger partial charge in [-0.1, -0.05) is 37.3 Å². The molecule has 2 N–H and O–H groups in total. The van der Waals surface area contributed by atoms with Crippen LogP contribution in [-0.2, 0) is 11.3 Å². The van der Waals surface area contributed by atoms with Crippen molar-refractivity contribution in [1.82, 2.24) is 15.5 Å². The molecule has 6 heteroatoms. The summed E-state index contributed by atoms with van der Waals surface area (Å²) in [6.45, 7) is 9.34. The molecule has 0 bridgehead atoms. The molecule has 2 saturated heterocycles. The minimum absolute atomic E-state index is 0. The number of nitrogens with one attached hydrogen (secondary N) is 2. The van der Waals surface area contributed by atoms with E-state index >= 15 is 0 Å². The molecule has 2 atom stereocenters. The number of ether oxygens (including phenoxy) is 1. The fourth-order valence-electron chi connectivity index (χ4n) is 3.64. The number of nitrogens with zero attached hydrogens (tertiary/aromatic N) is 2. The predicted molar refractivity (Wildman–Crippen MR) is 118 cm³/mol. The van der Waals surface area contributed by atoms with E-state index in [0.717, 1.165) is 51.6 Å². The highest BCUT2D eigenvalue weighted by Crippen LogP contribution is 2.25. The highest BCUT2D eigenvalue weighted by Gasteiger charge is 2.33. The van der Waals surface area contributed by atoms with E-state index in [1.54, 1.807) is 0 Å². The van der Waals surface area contributed by atoms with Crippen LogP contribution in [0, 0.1) is 5.41 Å². The van der Waals surface area contributed by atoms with Crippen molar-refractivity contribution in [1.29, 1.82) is 0 Å². The van der Waals surface area contributed by atoms with E-state index < -0.39 is 0 Å². The smallest absolute Gasteiger partial charge is 0.191 e. The Morgan fingerprint density at radius 1 is 1.31 bits per heavy atom. The minimum atomic E-state index is 0. The van der Waals surface area contributed by atoms with E-state index in [-0.39, 0.29) is 29.4 Å². The first-order chi connectivity index (χ1) is 12.1. The third-order valence-corrected chi connectivity index (χ3v) is 5.39. The van der Waals surface area contributed by atoms with Gasteiger partial charge in [0, 0.05) is 44.2 Å². The van der Waals surface area contributed by atoms with Gasteiger partial charge in [0.15, 0.2) is 5.96 Å². The molecule has 0 aliphatic carbocycles. The molecular formula is C20H33IN4O. The maximum Gasteiger partial charge on any atom is 0.191 e. The lowest BCUT2D eigenvalue weighted by Gasteiger charge is -2.40. The van der Waals surface area contributed by atoms with Crippen LogP contribution in [0.5, 0.6) is 0 Å². The first kappa shape index (κ1) is 21.4. The molecule has 0 spiro atoms. The molecule has 0 radical (unpaired) electrons. The Labute approximate surface area is 175 Å². The summed E-state index contributed by atoms with van der Waals surface area (Å²) in [5.74, 6) is 0.918. The molecule has 2 fully saturated rings. The van der Waals surface area contributed by atoms with Crippen LogP contribution in [0.1, 0.15) is 32.3 Å². The van der Waals surface area contributed by atoms with Crippen molar-refractivity contribution in [3.05, 3.63) is 35.9 Å². The van der Waals surface area contributed by atoms with Gasteiger partial charge in [0.25, 0.3) is 0 Å². The predicted octanol–water partition coefficient (Wildman–Crippen LogP) is 2.86. The molecule has 0 amide bonds. The van der Waals surface area contributed by atoms with Gasteiger partial charge in [0.1, 0.15) is 0 Å². The van der Waals surface area contributed by atoms with Gasteiger partial charge in [0.2, 0.25) is 0 Å². The van der Waals surface area contributed by atoms with Crippen LogP contribution in [0.15, 0.2) is 35.3 Å². The first-order valence-corrected chi connectivity index (χ1v) is 9.41. The van der Waals surface area contributed by atoms with Crippen LogP contribution < -0.4 is 10.6 Å². The van der Waals surface area contributed by atoms with Crippen LogP contribution in [-0.4, -0.2) is 56.3 Å². The summed E-state index contributed by atoms with van der Waals surface area (Å²) in [6.07, 6.45) is 2.30. The van der Waals surface area contributed by atoms with Crippen molar-refractivity contribution < 1.29 is 4.74 Å². The quantitative estimate of drug-likeness (QED) is 0.393. The molecule has 2 heterocycles. The Kier molecular flexibility index (Phi) is 8.16. The van der Waals surface area contributed by atoms with E-state index in [4.69, 9.17) is 4.74 Å². The molecule has 3 rings (SSSR count). The van der Waals surface area contributed by atoms with Crippen molar-refractivity contribution in [2.24, 2.45) is 10.4 Å². The van der Waals surface area contributed by atoms with Gasteiger partial charge in [-0.3, -0.25) is 9.89 Å². The zero-order chi connectivity index (χ0) is 17.7. The molecule has 1 aromatic rings. The fraction of sp³-hybridized carbons (Fsp3) is 0.650. The first-order valence-electron chi connectivity index (χ1n) is 9.41. The van der Waals surface area contributed by atoms with Gasteiger partial charge in [-0.05, 0) is 25.3 Å². The van der Waals surface area contributed by atoms with Crippen LogP contribution in [0.4, 0.5) is 0 Å². The number of hydrogen-bond donors (Lipinski definition) is 2. The molecular weight excluding hydrogens is 439 g/mol. The summed E-state index contributed by atoms with van der Waals surface area (Å²) in [7, 11) is 1.85. The maximum absolute atomic E-state index is 5.32. The summed E-state index contributed by atoms with van der Waals surface area (Å²) in [5, 5.41) is 7.08. The van der Waals surface area contributed by atoms with E-state index in [1.165, 1.54) is 5.56 Å². The van der Waals surface area contributed by atoms with E-state index in [9.17, 15) is 0 Å². The highest BCUT2D eigenvalue weighted by atomic mass is 127. The lowest BCUT2D eigenvalue weighted by Crippen LogP contribution is -2.54. The number of hydrogen-bond acceptors (Lipinski definition) is 3. The third kappa shape index (κ3) is 5.82. The molecule has 2 aliphatic rings. The molecule has 2 unspecified atom stereocenters. The zero-order valence-electron chi connectivity index (χ0n) is 16.2. The number of aliphatic imine (C=N–C) groups is 1. The monoisotopic (exact) mass is 472 g/mol. The average molecular weight is 472 g/mol. The van der Waals surface area contributed by atoms with Crippen molar-refractivity contribution in [3.63, 3.8) is 0 Å². The molecule has 5 nitrogen and oxygen atoms in total. The summed E-state index contributed by atoms with van der Waals surface area (Å²) in [5.41, 5.74) is 1.65. The van der Waals surface area contributed by atoms with Crippen molar-refractivity contribution >= 4 is 29.9 Å². The van der Waals surface area contributed by atoms with E-state index in [2.05, 4.69) is 64.7 Å². The zero-order valence-corrected chi connectivity index (χ0v) is 18.5. The number of benzene rings is 1. The molecule has 146 valence electrons. The lowest BCUT2D eigenvalue weighted by molar-refractivity contribution is -0.0971. The lowest BCUT2D eigenvalue weighted by atomic mass is 9.89. The summed E-state index contributed by atoms with van der Waals surface area (Å²) in [4.78, 5) is 6.98. The van der Waals surface area contributed by atoms with Crippen LogP contribution in [0.3, 0.4) is 0 Å². The van der Waals surface area contributed by atoms with Gasteiger partial charge in [-0.15, -0.1) is 24.0 Å². The third-order valence-electron chi connectivity index (χ3n) is 5.39. The van der Waals surface area contributed by atoms with Gasteiger partial charge in [-0.2, -0.15) is 0 Å². The van der Waals surface area contributed by atoms with Gasteiger partial charge < -0.3 is 15.4 Å². The standard InChI is InChI=1S/C20H32N4O.HI/c1-16-11-18(9-10-24(16)12-17-7-5-4-6-8-17)23-19(21-3)22-13-20(2)14-25-15-20;/h4-8,16,18H,9-15H2,1-3H3,(H2,21,22,23);1H. The van der Waals surface area contributed by atoms with Crippen LogP contribution in [0.25, 0.3) is 0 Å². The van der Waals surface area contributed by atoms with E-state index in [0.29, 0.717) is 12.1 Å². The average Bonchev–Trinajstić information content (AvgIpc) is 2.60. The van der Waals surface area contributed by atoms with Crippen LogP contribution in [0.2, 0.25) is 0 Å². The number of likely N-dealkylation sites (tertiary alicyclic amines) is 1. The largest absolute Gasteiger partial charge is 0.380 e. The van der Waals surface area contributed by atoms with Crippen LogP contribution >= 0.6 is 24.0 Å². The van der Waals surface area contributed by atoms with E-state index in [1.807, 2.05) is 7.05 Å². The number of piperidine rings is 1. The second-order valence-corrected chi connectivity index (χ2v) is 7.90. The van der Waals surface area contributed by atoms with Gasteiger partial charge in [0.05, 0.1) is 13.2 Å². The number of halogens is 1. The number of rotatable bonds is 5. The highest BCUT2D eigenvalue weighted by molar-refractivity contribution is 14.0. The molecule has 0 aromatic heterocycles. The Balaban J connectivity index is 0.00000243. The fourth-order valence-corrected chi connectivity index (χ4v) is 3.64. The second-order valence-electron chi connectivity index (χ2n) is 7.90. The molecule has 0 saturated carbocycles.